The molecule has 2 rings (SSSR count). The normalized spacial score (nSPS) is 17.6. The van der Waals surface area contributed by atoms with Crippen molar-refractivity contribution in [2.45, 2.75) is 11.8 Å². The van der Waals surface area contributed by atoms with Crippen molar-refractivity contribution in [3.05, 3.63) is 29.6 Å². The lowest BCUT2D eigenvalue weighted by atomic mass is 10.2. The van der Waals surface area contributed by atoms with E-state index in [0.717, 1.165) is 42.5 Å². The first-order chi connectivity index (χ1) is 7.75. The fraction of sp³-hybridized carbons (Fsp3) is 0.500. The number of nitrogens with one attached hydrogen (secondary N) is 1. The summed E-state index contributed by atoms with van der Waals surface area (Å²) in [5, 5.41) is 3.33. The first kappa shape index (κ1) is 11.9. The van der Waals surface area contributed by atoms with E-state index in [-0.39, 0.29) is 5.82 Å². The van der Waals surface area contributed by atoms with E-state index < -0.39 is 0 Å². The summed E-state index contributed by atoms with van der Waals surface area (Å²) in [5.74, 6) is 0.874. The van der Waals surface area contributed by atoms with Crippen LogP contribution < -0.4 is 5.32 Å². The van der Waals surface area contributed by atoms with Crippen LogP contribution >= 0.6 is 11.8 Å². The molecule has 1 aromatic rings. The zero-order valence-corrected chi connectivity index (χ0v) is 10.3. The number of halogens is 1. The quantitative estimate of drug-likeness (QED) is 0.814. The molecule has 4 heteroatoms. The highest BCUT2D eigenvalue weighted by molar-refractivity contribution is 7.99. The maximum absolute atomic E-state index is 13.1. The molecule has 0 bridgehead atoms. The minimum absolute atomic E-state index is 0.119. The molecule has 88 valence electrons. The van der Waals surface area contributed by atoms with Gasteiger partial charge in [-0.3, -0.25) is 4.90 Å². The lowest BCUT2D eigenvalue weighted by molar-refractivity contribution is 0.280. The van der Waals surface area contributed by atoms with Gasteiger partial charge in [-0.1, -0.05) is 0 Å². The Hall–Kier alpha value is -0.580. The van der Waals surface area contributed by atoms with Crippen LogP contribution in [0.1, 0.15) is 5.56 Å². The van der Waals surface area contributed by atoms with Crippen LogP contribution in [0.2, 0.25) is 0 Å². The van der Waals surface area contributed by atoms with Crippen molar-refractivity contribution in [3.8, 4) is 0 Å². The number of piperazine rings is 1. The molecular formula is C12H17FN2S. The van der Waals surface area contributed by atoms with Crippen LogP contribution in [0.5, 0.6) is 0 Å². The molecule has 16 heavy (non-hydrogen) atoms. The summed E-state index contributed by atoms with van der Waals surface area (Å²) >= 11 is 1.78. The highest BCUT2D eigenvalue weighted by atomic mass is 32.2. The van der Waals surface area contributed by atoms with Crippen LogP contribution in [0, 0.1) is 12.7 Å². The highest BCUT2D eigenvalue weighted by Gasteiger charge is 2.09. The first-order valence-electron chi connectivity index (χ1n) is 5.58. The third kappa shape index (κ3) is 3.20. The summed E-state index contributed by atoms with van der Waals surface area (Å²) in [4.78, 5) is 3.57. The summed E-state index contributed by atoms with van der Waals surface area (Å²) in [5.41, 5.74) is 0.727. The second kappa shape index (κ2) is 5.66. The zero-order chi connectivity index (χ0) is 11.4. The van der Waals surface area contributed by atoms with Crippen LogP contribution in [0.25, 0.3) is 0 Å². The molecule has 2 nitrogen and oxygen atoms in total. The molecule has 0 aromatic heterocycles. The van der Waals surface area contributed by atoms with Crippen molar-refractivity contribution in [1.82, 2.24) is 10.2 Å². The summed E-state index contributed by atoms with van der Waals surface area (Å²) in [6, 6.07) is 5.33. The van der Waals surface area contributed by atoms with Crippen molar-refractivity contribution in [3.63, 3.8) is 0 Å². The van der Waals surface area contributed by atoms with E-state index in [1.807, 2.05) is 19.1 Å². The molecule has 0 atom stereocenters. The van der Waals surface area contributed by atoms with Gasteiger partial charge < -0.3 is 5.32 Å². The van der Waals surface area contributed by atoms with Gasteiger partial charge in [0.05, 0.1) is 0 Å². The third-order valence-corrected chi connectivity index (χ3v) is 3.83. The monoisotopic (exact) mass is 240 g/mol. The number of hydrogen-bond acceptors (Lipinski definition) is 3. The van der Waals surface area contributed by atoms with Gasteiger partial charge in [-0.2, -0.15) is 0 Å². The molecule has 1 saturated heterocycles. The minimum atomic E-state index is -0.119. The molecule has 1 aromatic carbocycles. The van der Waals surface area contributed by atoms with Gasteiger partial charge in [0.1, 0.15) is 5.82 Å². The Bertz CT molecular complexity index is 351. The fourth-order valence-corrected chi connectivity index (χ4v) is 2.73. The number of rotatable bonds is 3. The largest absolute Gasteiger partial charge is 0.314 e. The average Bonchev–Trinajstić information content (AvgIpc) is 2.32. The van der Waals surface area contributed by atoms with Crippen molar-refractivity contribution in [1.29, 1.82) is 0 Å². The van der Waals surface area contributed by atoms with Crippen LogP contribution in [0.4, 0.5) is 4.39 Å². The number of nitrogens with zero attached hydrogens (tertiary/aromatic N) is 1. The van der Waals surface area contributed by atoms with E-state index in [2.05, 4.69) is 10.2 Å². The summed E-state index contributed by atoms with van der Waals surface area (Å²) in [7, 11) is 0. The first-order valence-corrected chi connectivity index (χ1v) is 6.56. The van der Waals surface area contributed by atoms with Crippen molar-refractivity contribution in [2.24, 2.45) is 0 Å². The van der Waals surface area contributed by atoms with Gasteiger partial charge in [0.15, 0.2) is 0 Å². The average molecular weight is 240 g/mol. The smallest absolute Gasteiger partial charge is 0.126 e. The topological polar surface area (TPSA) is 15.3 Å². The standard InChI is InChI=1S/C12H17FN2S/c1-10-8-11(2-3-12(10)13)16-9-15-6-4-14-5-7-15/h2-3,8,14H,4-7,9H2,1H3. The molecule has 0 radical (unpaired) electrons. The van der Waals surface area contributed by atoms with Crippen molar-refractivity contribution >= 4 is 11.8 Å². The highest BCUT2D eigenvalue weighted by Crippen LogP contribution is 2.21. The van der Waals surface area contributed by atoms with Gasteiger partial charge in [0.2, 0.25) is 0 Å². The van der Waals surface area contributed by atoms with E-state index in [4.69, 9.17) is 0 Å². The fourth-order valence-electron chi connectivity index (χ4n) is 1.71. The van der Waals surface area contributed by atoms with Crippen LogP contribution in [0.3, 0.4) is 0 Å². The third-order valence-electron chi connectivity index (χ3n) is 2.75. The van der Waals surface area contributed by atoms with E-state index >= 15 is 0 Å². The Kier molecular flexibility index (Phi) is 4.21. The summed E-state index contributed by atoms with van der Waals surface area (Å²) in [6.45, 7) is 6.16. The predicted molar refractivity (Wildman–Crippen MR) is 66.3 cm³/mol. The van der Waals surface area contributed by atoms with Gasteiger partial charge in [-0.15, -0.1) is 11.8 Å². The molecule has 1 N–H and O–H groups in total. The van der Waals surface area contributed by atoms with Gasteiger partial charge in [-0.05, 0) is 30.7 Å². The molecule has 1 fully saturated rings. The van der Waals surface area contributed by atoms with Crippen molar-refractivity contribution in [2.75, 3.05) is 32.1 Å². The molecule has 0 amide bonds. The lowest BCUT2D eigenvalue weighted by Gasteiger charge is -2.26. The second-order valence-corrected chi connectivity index (χ2v) is 5.07. The van der Waals surface area contributed by atoms with Gasteiger partial charge >= 0.3 is 0 Å². The predicted octanol–water partition coefficient (Wildman–Crippen LogP) is 2.09. The van der Waals surface area contributed by atoms with Gasteiger partial charge in [0, 0.05) is 37.0 Å². The van der Waals surface area contributed by atoms with Crippen LogP contribution in [-0.4, -0.2) is 37.0 Å². The van der Waals surface area contributed by atoms with Crippen LogP contribution in [-0.2, 0) is 0 Å². The number of thioether (sulfide) groups is 1. The molecule has 1 aliphatic rings. The van der Waals surface area contributed by atoms with Gasteiger partial charge in [-0.25, -0.2) is 4.39 Å². The molecule has 1 aliphatic heterocycles. The molecule has 0 spiro atoms. The second-order valence-electron chi connectivity index (χ2n) is 4.05. The maximum atomic E-state index is 13.1. The lowest BCUT2D eigenvalue weighted by Crippen LogP contribution is -2.43. The summed E-state index contributed by atoms with van der Waals surface area (Å²) in [6.07, 6.45) is 0. The Labute approximate surface area is 100 Å². The minimum Gasteiger partial charge on any atom is -0.314 e. The number of benzene rings is 1. The SMILES string of the molecule is Cc1cc(SCN2CCNCC2)ccc1F. The maximum Gasteiger partial charge on any atom is 0.126 e. The van der Waals surface area contributed by atoms with E-state index in [1.165, 1.54) is 0 Å². The van der Waals surface area contributed by atoms with Crippen LogP contribution in [0.15, 0.2) is 23.1 Å². The molecule has 0 unspecified atom stereocenters. The Morgan fingerprint density at radius 2 is 2.12 bits per heavy atom. The molecule has 1 heterocycles. The van der Waals surface area contributed by atoms with E-state index in [9.17, 15) is 4.39 Å². The molecule has 0 saturated carbocycles. The van der Waals surface area contributed by atoms with E-state index in [1.54, 1.807) is 17.8 Å². The Balaban J connectivity index is 1.86. The number of hydrogen-bond donors (Lipinski definition) is 1. The van der Waals surface area contributed by atoms with E-state index in [0.29, 0.717) is 0 Å². The van der Waals surface area contributed by atoms with Gasteiger partial charge in [0.25, 0.3) is 0 Å². The zero-order valence-electron chi connectivity index (χ0n) is 9.50. The number of aryl methyl sites for hydroxylation is 1. The Morgan fingerprint density at radius 3 is 2.81 bits per heavy atom. The molecule has 0 aliphatic carbocycles. The summed E-state index contributed by atoms with van der Waals surface area (Å²) < 4.78 is 13.1. The van der Waals surface area contributed by atoms with Crippen molar-refractivity contribution < 1.29 is 4.39 Å². The Morgan fingerprint density at radius 1 is 1.38 bits per heavy atom. The molecular weight excluding hydrogens is 223 g/mol.